The van der Waals surface area contributed by atoms with Crippen LogP contribution < -0.4 is 5.32 Å². The molecule has 0 spiro atoms. The fourth-order valence-electron chi connectivity index (χ4n) is 2.81. The van der Waals surface area contributed by atoms with Gasteiger partial charge >= 0.3 is 0 Å². The predicted octanol–water partition coefficient (Wildman–Crippen LogP) is 3.39. The molecule has 0 saturated heterocycles. The Morgan fingerprint density at radius 2 is 2.20 bits per heavy atom. The zero-order chi connectivity index (χ0) is 18.0. The molecule has 3 rings (SSSR count). The van der Waals surface area contributed by atoms with Gasteiger partial charge in [0.25, 0.3) is 0 Å². The zero-order valence-corrected chi connectivity index (χ0v) is 15.6. The van der Waals surface area contributed by atoms with Crippen LogP contribution in [-0.2, 0) is 4.79 Å². The third-order valence-electron chi connectivity index (χ3n) is 4.73. The van der Waals surface area contributed by atoms with Crippen LogP contribution >= 0.6 is 11.8 Å². The molecule has 0 aliphatic heterocycles. The molecule has 1 aliphatic carbocycles. The van der Waals surface area contributed by atoms with Gasteiger partial charge in [0.05, 0.1) is 11.8 Å². The summed E-state index contributed by atoms with van der Waals surface area (Å²) in [6.07, 6.45) is 5.65. The number of aryl methyl sites for hydroxylation is 2. The maximum absolute atomic E-state index is 12.3. The summed E-state index contributed by atoms with van der Waals surface area (Å²) in [5.41, 5.74) is 2.74. The Labute approximate surface area is 152 Å². The molecule has 5 nitrogen and oxygen atoms in total. The second-order valence-corrected chi connectivity index (χ2v) is 7.72. The summed E-state index contributed by atoms with van der Waals surface area (Å²) in [5, 5.41) is 13.0. The molecule has 1 N–H and O–H groups in total. The first kappa shape index (κ1) is 17.6. The molecule has 1 amide bonds. The highest BCUT2D eigenvalue weighted by Gasteiger charge is 2.42. The lowest BCUT2D eigenvalue weighted by molar-refractivity contribution is -0.119. The largest absolute Gasteiger partial charge is 0.337 e. The minimum atomic E-state index is -0.749. The van der Waals surface area contributed by atoms with Crippen LogP contribution in [0.15, 0.2) is 35.7 Å². The van der Waals surface area contributed by atoms with Crippen LogP contribution in [-0.4, -0.2) is 26.8 Å². The number of imidazole rings is 1. The first-order chi connectivity index (χ1) is 11.9. The topological polar surface area (TPSA) is 70.7 Å². The van der Waals surface area contributed by atoms with E-state index < -0.39 is 5.54 Å². The summed E-state index contributed by atoms with van der Waals surface area (Å²) in [5.74, 6) is 0.394. The van der Waals surface area contributed by atoms with Gasteiger partial charge in [0, 0.05) is 18.1 Å². The van der Waals surface area contributed by atoms with Crippen molar-refractivity contribution < 1.29 is 4.79 Å². The van der Waals surface area contributed by atoms with E-state index in [9.17, 15) is 10.1 Å². The van der Waals surface area contributed by atoms with Crippen LogP contribution in [0.4, 0.5) is 0 Å². The Balaban J connectivity index is 1.66. The van der Waals surface area contributed by atoms with Crippen molar-refractivity contribution in [2.45, 2.75) is 44.3 Å². The third kappa shape index (κ3) is 3.88. The molecule has 1 saturated carbocycles. The van der Waals surface area contributed by atoms with Crippen LogP contribution in [0, 0.1) is 31.1 Å². The van der Waals surface area contributed by atoms with E-state index in [0.29, 0.717) is 0 Å². The maximum atomic E-state index is 12.3. The predicted molar refractivity (Wildman–Crippen MR) is 98.6 cm³/mol. The fraction of sp³-hybridized carbons (Fsp3) is 0.421. The Morgan fingerprint density at radius 1 is 1.44 bits per heavy atom. The number of amides is 1. The number of aromatic nitrogens is 2. The number of rotatable bonds is 6. The van der Waals surface area contributed by atoms with Gasteiger partial charge in [0.15, 0.2) is 5.16 Å². The van der Waals surface area contributed by atoms with Gasteiger partial charge in [-0.2, -0.15) is 5.26 Å². The van der Waals surface area contributed by atoms with E-state index in [1.165, 1.54) is 22.9 Å². The summed E-state index contributed by atoms with van der Waals surface area (Å²) in [7, 11) is 0. The van der Waals surface area contributed by atoms with E-state index in [1.807, 2.05) is 23.8 Å². The Hall–Kier alpha value is -2.26. The molecule has 1 aliphatic rings. The maximum Gasteiger partial charge on any atom is 0.231 e. The number of nitrogens with zero attached hydrogens (tertiary/aromatic N) is 3. The van der Waals surface area contributed by atoms with Crippen molar-refractivity contribution >= 4 is 17.7 Å². The molecule has 130 valence electrons. The van der Waals surface area contributed by atoms with Gasteiger partial charge in [-0.1, -0.05) is 17.8 Å². The zero-order valence-electron chi connectivity index (χ0n) is 14.7. The normalized spacial score (nSPS) is 16.1. The summed E-state index contributed by atoms with van der Waals surface area (Å²) < 4.78 is 1.98. The molecule has 1 fully saturated rings. The van der Waals surface area contributed by atoms with Crippen LogP contribution in [0.1, 0.15) is 30.9 Å². The lowest BCUT2D eigenvalue weighted by atomic mass is 9.98. The van der Waals surface area contributed by atoms with Crippen LogP contribution in [0.5, 0.6) is 0 Å². The standard InChI is InChI=1S/C19H22N4OS/c1-13-4-7-16(10-14(13)2)23-9-8-21-18(23)25-11-17(24)22-19(3,12-20)15-5-6-15/h4,7-10,15H,5-6,11H2,1-3H3,(H,22,24). The smallest absolute Gasteiger partial charge is 0.231 e. The highest BCUT2D eigenvalue weighted by Crippen LogP contribution is 2.39. The minimum absolute atomic E-state index is 0.129. The molecule has 0 bridgehead atoms. The molecule has 6 heteroatoms. The average Bonchev–Trinajstić information content (AvgIpc) is 3.35. The third-order valence-corrected chi connectivity index (χ3v) is 5.70. The van der Waals surface area contributed by atoms with Gasteiger partial charge in [0.2, 0.25) is 5.91 Å². The van der Waals surface area contributed by atoms with Crippen LogP contribution in [0.2, 0.25) is 0 Å². The van der Waals surface area contributed by atoms with E-state index in [4.69, 9.17) is 0 Å². The fourth-order valence-corrected chi connectivity index (χ4v) is 3.58. The highest BCUT2D eigenvalue weighted by atomic mass is 32.2. The molecule has 2 aromatic rings. The molecule has 1 heterocycles. The Kier molecular flexibility index (Phi) is 4.87. The van der Waals surface area contributed by atoms with E-state index in [-0.39, 0.29) is 17.6 Å². The molecule has 0 radical (unpaired) electrons. The molecule has 25 heavy (non-hydrogen) atoms. The SMILES string of the molecule is Cc1ccc(-n2ccnc2SCC(=O)NC(C)(C#N)C2CC2)cc1C. The monoisotopic (exact) mass is 354 g/mol. The molecule has 1 aromatic heterocycles. The summed E-state index contributed by atoms with van der Waals surface area (Å²) in [4.78, 5) is 16.6. The number of carbonyl (C=O) groups is 1. The van der Waals surface area contributed by atoms with Gasteiger partial charge in [0.1, 0.15) is 5.54 Å². The molecule has 1 unspecified atom stereocenters. The van der Waals surface area contributed by atoms with E-state index in [1.54, 1.807) is 6.20 Å². The van der Waals surface area contributed by atoms with Crippen molar-refractivity contribution in [1.29, 1.82) is 5.26 Å². The summed E-state index contributed by atoms with van der Waals surface area (Å²) >= 11 is 1.38. The quantitative estimate of drug-likeness (QED) is 0.807. The van der Waals surface area contributed by atoms with Gasteiger partial charge in [-0.15, -0.1) is 0 Å². The van der Waals surface area contributed by atoms with Crippen LogP contribution in [0.25, 0.3) is 5.69 Å². The molecule has 1 aromatic carbocycles. The first-order valence-corrected chi connectivity index (χ1v) is 9.37. The summed E-state index contributed by atoms with van der Waals surface area (Å²) in [6, 6.07) is 8.50. The number of carbonyl (C=O) groups excluding carboxylic acids is 1. The first-order valence-electron chi connectivity index (χ1n) is 8.39. The second kappa shape index (κ2) is 6.93. The lowest BCUT2D eigenvalue weighted by Crippen LogP contribution is -2.47. The number of nitrogens with one attached hydrogen (secondary N) is 1. The molecular weight excluding hydrogens is 332 g/mol. The lowest BCUT2D eigenvalue weighted by Gasteiger charge is -2.22. The summed E-state index contributed by atoms with van der Waals surface area (Å²) in [6.45, 7) is 5.97. The Bertz CT molecular complexity index is 834. The number of hydrogen-bond acceptors (Lipinski definition) is 4. The molecule has 1 atom stereocenters. The van der Waals surface area contributed by atoms with Crippen molar-refractivity contribution in [3.8, 4) is 11.8 Å². The number of hydrogen-bond donors (Lipinski definition) is 1. The number of benzene rings is 1. The van der Waals surface area contributed by atoms with Crippen molar-refractivity contribution in [2.75, 3.05) is 5.75 Å². The molecular formula is C19H22N4OS. The average molecular weight is 354 g/mol. The van der Waals surface area contributed by atoms with Crippen molar-refractivity contribution in [1.82, 2.24) is 14.9 Å². The van der Waals surface area contributed by atoms with Crippen molar-refractivity contribution in [2.24, 2.45) is 5.92 Å². The van der Waals surface area contributed by atoms with E-state index in [2.05, 4.69) is 42.4 Å². The van der Waals surface area contributed by atoms with Gasteiger partial charge < -0.3 is 5.32 Å². The number of thioether (sulfide) groups is 1. The van der Waals surface area contributed by atoms with E-state index >= 15 is 0 Å². The van der Waals surface area contributed by atoms with Crippen molar-refractivity contribution in [3.05, 3.63) is 41.7 Å². The Morgan fingerprint density at radius 3 is 2.84 bits per heavy atom. The van der Waals surface area contributed by atoms with Crippen molar-refractivity contribution in [3.63, 3.8) is 0 Å². The van der Waals surface area contributed by atoms with Gasteiger partial charge in [-0.25, -0.2) is 4.98 Å². The van der Waals surface area contributed by atoms with Gasteiger partial charge in [-0.3, -0.25) is 9.36 Å². The highest BCUT2D eigenvalue weighted by molar-refractivity contribution is 7.99. The van der Waals surface area contributed by atoms with E-state index in [0.717, 1.165) is 23.7 Å². The van der Waals surface area contributed by atoms with Gasteiger partial charge in [-0.05, 0) is 62.8 Å². The minimum Gasteiger partial charge on any atom is -0.337 e. The van der Waals surface area contributed by atoms with Crippen LogP contribution in [0.3, 0.4) is 0 Å². The number of nitriles is 1. The second-order valence-electron chi connectivity index (χ2n) is 6.77.